The van der Waals surface area contributed by atoms with Crippen molar-refractivity contribution >= 4 is 10.0 Å². The highest BCUT2D eigenvalue weighted by molar-refractivity contribution is 7.89. The second-order valence-corrected chi connectivity index (χ2v) is 6.54. The maximum atomic E-state index is 12.2. The van der Waals surface area contributed by atoms with Gasteiger partial charge in [0.1, 0.15) is 0 Å². The van der Waals surface area contributed by atoms with E-state index in [0.29, 0.717) is 11.4 Å². The third kappa shape index (κ3) is 4.27. The Morgan fingerprint density at radius 3 is 2.52 bits per heavy atom. The van der Waals surface area contributed by atoms with Gasteiger partial charge >= 0.3 is 0 Å². The second kappa shape index (κ2) is 6.69. The molecule has 0 amide bonds. The molecule has 2 rings (SSSR count). The molecule has 0 spiro atoms. The van der Waals surface area contributed by atoms with Crippen LogP contribution >= 0.6 is 0 Å². The monoisotopic (exact) mass is 306 g/mol. The second-order valence-electron chi connectivity index (χ2n) is 4.77. The normalized spacial score (nSPS) is 11.6. The SMILES string of the molecule is CC(C)Oc1ncccc1CNS(=O)(=O)c1ccccc1. The highest BCUT2D eigenvalue weighted by Crippen LogP contribution is 2.17. The number of benzene rings is 1. The first-order valence-corrected chi connectivity index (χ1v) is 8.12. The van der Waals surface area contributed by atoms with E-state index in [2.05, 4.69) is 9.71 Å². The summed E-state index contributed by atoms with van der Waals surface area (Å²) >= 11 is 0. The Bertz CT molecular complexity index is 685. The zero-order valence-electron chi connectivity index (χ0n) is 12.0. The Labute approximate surface area is 125 Å². The first kappa shape index (κ1) is 15.5. The molecular weight excluding hydrogens is 288 g/mol. The Balaban J connectivity index is 2.13. The minimum absolute atomic E-state index is 0.0237. The zero-order chi connectivity index (χ0) is 15.3. The minimum atomic E-state index is -3.54. The molecule has 112 valence electrons. The molecule has 0 fully saturated rings. The van der Waals surface area contributed by atoms with Crippen LogP contribution in [-0.4, -0.2) is 19.5 Å². The van der Waals surface area contributed by atoms with Crippen molar-refractivity contribution in [2.75, 3.05) is 0 Å². The molecule has 0 bridgehead atoms. The van der Waals surface area contributed by atoms with E-state index >= 15 is 0 Å². The molecule has 6 heteroatoms. The van der Waals surface area contributed by atoms with Gasteiger partial charge in [0.05, 0.1) is 11.0 Å². The van der Waals surface area contributed by atoms with Crippen LogP contribution < -0.4 is 9.46 Å². The molecule has 0 radical (unpaired) electrons. The molecular formula is C15H18N2O3S. The van der Waals surface area contributed by atoms with Crippen LogP contribution in [0, 0.1) is 0 Å². The fourth-order valence-corrected chi connectivity index (χ4v) is 2.77. The maximum Gasteiger partial charge on any atom is 0.240 e. The van der Waals surface area contributed by atoms with Gasteiger partial charge in [0.25, 0.3) is 0 Å². The minimum Gasteiger partial charge on any atom is -0.475 e. The summed E-state index contributed by atoms with van der Waals surface area (Å²) in [5.41, 5.74) is 0.700. The lowest BCUT2D eigenvalue weighted by Crippen LogP contribution is -2.24. The number of hydrogen-bond acceptors (Lipinski definition) is 4. The van der Waals surface area contributed by atoms with Gasteiger partial charge in [-0.2, -0.15) is 0 Å². The summed E-state index contributed by atoms with van der Waals surface area (Å²) in [6.07, 6.45) is 1.59. The van der Waals surface area contributed by atoms with E-state index in [9.17, 15) is 8.42 Å². The van der Waals surface area contributed by atoms with Crippen molar-refractivity contribution in [3.8, 4) is 5.88 Å². The van der Waals surface area contributed by atoms with E-state index in [-0.39, 0.29) is 17.5 Å². The Hall–Kier alpha value is -1.92. The number of sulfonamides is 1. The van der Waals surface area contributed by atoms with E-state index in [1.54, 1.807) is 48.7 Å². The van der Waals surface area contributed by atoms with Gasteiger partial charge in [0.2, 0.25) is 15.9 Å². The van der Waals surface area contributed by atoms with Gasteiger partial charge in [-0.1, -0.05) is 24.3 Å². The summed E-state index contributed by atoms with van der Waals surface area (Å²) in [6, 6.07) is 11.8. The molecule has 0 aliphatic heterocycles. The Kier molecular flexibility index (Phi) is 4.93. The third-order valence-electron chi connectivity index (χ3n) is 2.70. The molecule has 21 heavy (non-hydrogen) atoms. The summed E-state index contributed by atoms with van der Waals surface area (Å²) in [7, 11) is -3.54. The lowest BCUT2D eigenvalue weighted by Gasteiger charge is -2.13. The van der Waals surface area contributed by atoms with Crippen LogP contribution in [0.15, 0.2) is 53.6 Å². The molecule has 0 saturated heterocycles. The van der Waals surface area contributed by atoms with Crippen LogP contribution in [0.4, 0.5) is 0 Å². The predicted octanol–water partition coefficient (Wildman–Crippen LogP) is 2.35. The van der Waals surface area contributed by atoms with Crippen LogP contribution in [0.3, 0.4) is 0 Å². The van der Waals surface area contributed by atoms with Crippen molar-refractivity contribution in [3.05, 3.63) is 54.2 Å². The Morgan fingerprint density at radius 2 is 1.86 bits per heavy atom. The van der Waals surface area contributed by atoms with Crippen LogP contribution in [0.2, 0.25) is 0 Å². The van der Waals surface area contributed by atoms with Gasteiger partial charge in [-0.15, -0.1) is 0 Å². The average molecular weight is 306 g/mol. The van der Waals surface area contributed by atoms with Crippen LogP contribution in [-0.2, 0) is 16.6 Å². The number of ether oxygens (including phenoxy) is 1. The highest BCUT2D eigenvalue weighted by Gasteiger charge is 2.15. The van der Waals surface area contributed by atoms with Crippen molar-refractivity contribution in [3.63, 3.8) is 0 Å². The maximum absolute atomic E-state index is 12.2. The molecule has 2 aromatic rings. The fraction of sp³-hybridized carbons (Fsp3) is 0.267. The van der Waals surface area contributed by atoms with Gasteiger partial charge < -0.3 is 4.74 Å². The van der Waals surface area contributed by atoms with Crippen molar-refractivity contribution in [1.82, 2.24) is 9.71 Å². The van der Waals surface area contributed by atoms with E-state index in [4.69, 9.17) is 4.74 Å². The third-order valence-corrected chi connectivity index (χ3v) is 4.12. The molecule has 0 saturated carbocycles. The van der Waals surface area contributed by atoms with Crippen LogP contribution in [0.25, 0.3) is 0 Å². The van der Waals surface area contributed by atoms with Crippen molar-refractivity contribution in [2.24, 2.45) is 0 Å². The molecule has 1 aromatic carbocycles. The van der Waals surface area contributed by atoms with E-state index in [0.717, 1.165) is 0 Å². The molecule has 1 aromatic heterocycles. The van der Waals surface area contributed by atoms with Crippen LogP contribution in [0.5, 0.6) is 5.88 Å². The van der Waals surface area contributed by atoms with Crippen molar-refractivity contribution < 1.29 is 13.2 Å². The molecule has 0 aliphatic rings. The quantitative estimate of drug-likeness (QED) is 0.889. The van der Waals surface area contributed by atoms with E-state index in [1.807, 2.05) is 13.8 Å². The topological polar surface area (TPSA) is 68.3 Å². The molecule has 1 heterocycles. The van der Waals surface area contributed by atoms with E-state index < -0.39 is 10.0 Å². The zero-order valence-corrected chi connectivity index (χ0v) is 12.8. The van der Waals surface area contributed by atoms with Gasteiger partial charge in [0, 0.05) is 18.3 Å². The largest absolute Gasteiger partial charge is 0.475 e. The van der Waals surface area contributed by atoms with Gasteiger partial charge in [-0.05, 0) is 32.0 Å². The molecule has 5 nitrogen and oxygen atoms in total. The number of aromatic nitrogens is 1. The van der Waals surface area contributed by atoms with Crippen molar-refractivity contribution in [1.29, 1.82) is 0 Å². The summed E-state index contributed by atoms with van der Waals surface area (Å²) in [6.45, 7) is 3.92. The number of pyridine rings is 1. The summed E-state index contributed by atoms with van der Waals surface area (Å²) < 4.78 is 32.5. The first-order valence-electron chi connectivity index (χ1n) is 6.64. The summed E-state index contributed by atoms with van der Waals surface area (Å²) in [4.78, 5) is 4.37. The lowest BCUT2D eigenvalue weighted by atomic mass is 10.3. The predicted molar refractivity (Wildman–Crippen MR) is 80.5 cm³/mol. The lowest BCUT2D eigenvalue weighted by molar-refractivity contribution is 0.230. The molecule has 0 aliphatic carbocycles. The van der Waals surface area contributed by atoms with Gasteiger partial charge in [-0.3, -0.25) is 0 Å². The standard InChI is InChI=1S/C15H18N2O3S/c1-12(2)20-15-13(7-6-10-16-15)11-17-21(18,19)14-8-4-3-5-9-14/h3-10,12,17H,11H2,1-2H3. The number of rotatable bonds is 6. The van der Waals surface area contributed by atoms with Crippen molar-refractivity contribution in [2.45, 2.75) is 31.4 Å². The Morgan fingerprint density at radius 1 is 1.14 bits per heavy atom. The van der Waals surface area contributed by atoms with E-state index in [1.165, 1.54) is 0 Å². The van der Waals surface area contributed by atoms with Gasteiger partial charge in [0.15, 0.2) is 0 Å². The average Bonchev–Trinajstić information content (AvgIpc) is 2.47. The van der Waals surface area contributed by atoms with Crippen LogP contribution in [0.1, 0.15) is 19.4 Å². The van der Waals surface area contributed by atoms with Gasteiger partial charge in [-0.25, -0.2) is 18.1 Å². The summed E-state index contributed by atoms with van der Waals surface area (Å²) in [5, 5.41) is 0. The number of nitrogens with one attached hydrogen (secondary N) is 1. The summed E-state index contributed by atoms with van der Waals surface area (Å²) in [5.74, 6) is 0.447. The fourth-order valence-electron chi connectivity index (χ4n) is 1.74. The molecule has 0 atom stereocenters. The number of nitrogens with zero attached hydrogens (tertiary/aromatic N) is 1. The first-order chi connectivity index (χ1) is 9.99. The smallest absolute Gasteiger partial charge is 0.240 e. The number of hydrogen-bond donors (Lipinski definition) is 1. The highest BCUT2D eigenvalue weighted by atomic mass is 32.2. The molecule has 0 unspecified atom stereocenters. The molecule has 1 N–H and O–H groups in total.